The average Bonchev–Trinajstić information content (AvgIpc) is 3.64. The molecule has 1 atom stereocenters. The smallest absolute Gasteiger partial charge is 0.247 e. The van der Waals surface area contributed by atoms with Gasteiger partial charge in [0.1, 0.15) is 29.6 Å². The third kappa shape index (κ3) is 6.09. The van der Waals surface area contributed by atoms with Crippen LogP contribution in [0.25, 0.3) is 11.0 Å². The number of benzene rings is 3. The number of nitrogens with one attached hydrogen (secondary N) is 1. The number of amides is 2. The van der Waals surface area contributed by atoms with Gasteiger partial charge in [0.15, 0.2) is 0 Å². The summed E-state index contributed by atoms with van der Waals surface area (Å²) < 4.78 is 12.9. The minimum atomic E-state index is -0.910. The zero-order chi connectivity index (χ0) is 27.9. The molecule has 1 aromatic heterocycles. The molecule has 208 valence electrons. The van der Waals surface area contributed by atoms with Crippen LogP contribution >= 0.6 is 0 Å². The number of methoxy groups -OCH3 is 1. The second kappa shape index (κ2) is 12.6. The lowest BCUT2D eigenvalue weighted by atomic mass is 10.0. The standard InChI is InChI=1S/C31H35N5O4/c1-3-40-28-15-9-6-12-25(28)30(31(38)32-23-10-4-5-11-23)35(20-22-16-18-24(39-2)19-17-22)29(37)21-36-27-14-8-7-13-26(27)33-34-36/h6-9,12-19,23,30H,3-5,10-11,20-21H2,1-2H3,(H,32,38)/t30-/m0/s1. The maximum absolute atomic E-state index is 14.2. The number of nitrogens with zero attached hydrogens (tertiary/aromatic N) is 4. The number of carbonyl (C=O) groups excluding carboxylic acids is 2. The summed E-state index contributed by atoms with van der Waals surface area (Å²) in [4.78, 5) is 29.9. The first-order chi connectivity index (χ1) is 19.6. The Balaban J connectivity index is 1.56. The number of hydrogen-bond acceptors (Lipinski definition) is 6. The van der Waals surface area contributed by atoms with E-state index in [0.29, 0.717) is 29.2 Å². The SMILES string of the molecule is CCOc1ccccc1[C@@H](C(=O)NC1CCCC1)N(Cc1ccc(OC)cc1)C(=O)Cn1nnc2ccccc21. The monoisotopic (exact) mass is 541 g/mol. The maximum atomic E-state index is 14.2. The van der Waals surface area contributed by atoms with Crippen molar-refractivity contribution < 1.29 is 19.1 Å². The van der Waals surface area contributed by atoms with Crippen molar-refractivity contribution in [2.24, 2.45) is 0 Å². The third-order valence-corrected chi connectivity index (χ3v) is 7.31. The van der Waals surface area contributed by atoms with Crippen LogP contribution in [0.2, 0.25) is 0 Å². The lowest BCUT2D eigenvalue weighted by Gasteiger charge is -2.33. The first-order valence-electron chi connectivity index (χ1n) is 13.8. The molecule has 0 bridgehead atoms. The molecule has 4 aromatic rings. The summed E-state index contributed by atoms with van der Waals surface area (Å²) in [6, 6.07) is 21.7. The molecule has 1 saturated carbocycles. The van der Waals surface area contributed by atoms with Crippen LogP contribution in [0, 0.1) is 0 Å². The number of aromatic nitrogens is 3. The molecule has 2 amide bonds. The predicted octanol–water partition coefficient (Wildman–Crippen LogP) is 4.67. The van der Waals surface area contributed by atoms with Gasteiger partial charge in [-0.3, -0.25) is 9.59 Å². The molecule has 1 aliphatic carbocycles. The largest absolute Gasteiger partial charge is 0.497 e. The fourth-order valence-electron chi connectivity index (χ4n) is 5.30. The van der Waals surface area contributed by atoms with E-state index in [2.05, 4.69) is 15.6 Å². The van der Waals surface area contributed by atoms with E-state index >= 15 is 0 Å². The molecule has 9 nitrogen and oxygen atoms in total. The van der Waals surface area contributed by atoms with E-state index in [1.165, 1.54) is 0 Å². The van der Waals surface area contributed by atoms with Crippen LogP contribution in [0.4, 0.5) is 0 Å². The minimum absolute atomic E-state index is 0.0688. The topological polar surface area (TPSA) is 98.6 Å². The van der Waals surface area contributed by atoms with Crippen molar-refractivity contribution in [2.45, 2.75) is 57.8 Å². The Morgan fingerprint density at radius 2 is 1.75 bits per heavy atom. The molecule has 3 aromatic carbocycles. The fourth-order valence-corrected chi connectivity index (χ4v) is 5.30. The van der Waals surface area contributed by atoms with Gasteiger partial charge in [-0.05, 0) is 55.7 Å². The number of rotatable bonds is 11. The van der Waals surface area contributed by atoms with Gasteiger partial charge in [-0.25, -0.2) is 4.68 Å². The van der Waals surface area contributed by atoms with Gasteiger partial charge >= 0.3 is 0 Å². The molecule has 40 heavy (non-hydrogen) atoms. The molecule has 9 heteroatoms. The Bertz CT molecular complexity index is 1450. The lowest BCUT2D eigenvalue weighted by Crippen LogP contribution is -2.46. The predicted molar refractivity (Wildman–Crippen MR) is 152 cm³/mol. The Morgan fingerprint density at radius 3 is 2.50 bits per heavy atom. The van der Waals surface area contributed by atoms with Crippen molar-refractivity contribution in [3.63, 3.8) is 0 Å². The van der Waals surface area contributed by atoms with Gasteiger partial charge in [0.05, 0.1) is 19.2 Å². The highest BCUT2D eigenvalue weighted by Crippen LogP contribution is 2.33. The van der Waals surface area contributed by atoms with E-state index in [1.807, 2.05) is 79.7 Å². The second-order valence-corrected chi connectivity index (χ2v) is 9.97. The highest BCUT2D eigenvalue weighted by atomic mass is 16.5. The Morgan fingerprint density at radius 1 is 1.02 bits per heavy atom. The van der Waals surface area contributed by atoms with Gasteiger partial charge in [0.2, 0.25) is 11.8 Å². The van der Waals surface area contributed by atoms with Gasteiger partial charge in [0, 0.05) is 18.2 Å². The number of ether oxygens (including phenoxy) is 2. The number of carbonyl (C=O) groups is 2. The van der Waals surface area contributed by atoms with E-state index < -0.39 is 6.04 Å². The van der Waals surface area contributed by atoms with Gasteiger partial charge in [-0.1, -0.05) is 60.5 Å². The van der Waals surface area contributed by atoms with E-state index in [-0.39, 0.29) is 30.9 Å². The van der Waals surface area contributed by atoms with E-state index in [0.717, 1.165) is 36.8 Å². The summed E-state index contributed by atoms with van der Waals surface area (Å²) in [7, 11) is 1.61. The molecular formula is C31H35N5O4. The summed E-state index contributed by atoms with van der Waals surface area (Å²) in [5.74, 6) is 0.817. The quantitative estimate of drug-likeness (QED) is 0.296. The molecule has 0 saturated heterocycles. The summed E-state index contributed by atoms with van der Waals surface area (Å²) in [5, 5.41) is 11.7. The van der Waals surface area contributed by atoms with Crippen LogP contribution in [0.3, 0.4) is 0 Å². The number of hydrogen-bond donors (Lipinski definition) is 1. The van der Waals surface area contributed by atoms with Gasteiger partial charge in [0.25, 0.3) is 0 Å². The summed E-state index contributed by atoms with van der Waals surface area (Å²) in [6.45, 7) is 2.48. The number of para-hydroxylation sites is 2. The van der Waals surface area contributed by atoms with E-state index in [1.54, 1.807) is 16.7 Å². The molecule has 0 spiro atoms. The molecule has 5 rings (SSSR count). The zero-order valence-corrected chi connectivity index (χ0v) is 23.0. The van der Waals surface area contributed by atoms with Crippen molar-refractivity contribution in [1.82, 2.24) is 25.2 Å². The second-order valence-electron chi connectivity index (χ2n) is 9.97. The Kier molecular flexibility index (Phi) is 8.59. The highest BCUT2D eigenvalue weighted by Gasteiger charge is 2.35. The zero-order valence-electron chi connectivity index (χ0n) is 23.0. The molecule has 1 aliphatic rings. The molecule has 0 aliphatic heterocycles. The van der Waals surface area contributed by atoms with Crippen LogP contribution in [0.5, 0.6) is 11.5 Å². The Labute approximate surface area is 234 Å². The molecule has 0 unspecified atom stereocenters. The minimum Gasteiger partial charge on any atom is -0.497 e. The first-order valence-corrected chi connectivity index (χ1v) is 13.8. The fraction of sp³-hybridized carbons (Fsp3) is 0.355. The van der Waals surface area contributed by atoms with Crippen molar-refractivity contribution >= 4 is 22.8 Å². The third-order valence-electron chi connectivity index (χ3n) is 7.31. The van der Waals surface area contributed by atoms with Gasteiger partial charge in [-0.2, -0.15) is 0 Å². The summed E-state index contributed by atoms with van der Waals surface area (Å²) >= 11 is 0. The van der Waals surface area contributed by atoms with Crippen molar-refractivity contribution in [1.29, 1.82) is 0 Å². The van der Waals surface area contributed by atoms with Crippen LogP contribution in [-0.2, 0) is 22.7 Å². The van der Waals surface area contributed by atoms with Crippen LogP contribution in [-0.4, -0.2) is 51.5 Å². The lowest BCUT2D eigenvalue weighted by molar-refractivity contribution is -0.142. The average molecular weight is 542 g/mol. The van der Waals surface area contributed by atoms with E-state index in [4.69, 9.17) is 9.47 Å². The molecule has 0 radical (unpaired) electrons. The molecule has 1 N–H and O–H groups in total. The van der Waals surface area contributed by atoms with Crippen molar-refractivity contribution in [3.05, 3.63) is 83.9 Å². The van der Waals surface area contributed by atoms with Crippen molar-refractivity contribution in [2.75, 3.05) is 13.7 Å². The normalized spacial score (nSPS) is 14.2. The Hall–Kier alpha value is -4.40. The summed E-state index contributed by atoms with van der Waals surface area (Å²) in [6.07, 6.45) is 4.03. The molecule has 1 heterocycles. The highest BCUT2D eigenvalue weighted by molar-refractivity contribution is 5.90. The van der Waals surface area contributed by atoms with E-state index in [9.17, 15) is 9.59 Å². The summed E-state index contributed by atoms with van der Waals surface area (Å²) in [5.41, 5.74) is 2.96. The van der Waals surface area contributed by atoms with Crippen LogP contribution in [0.15, 0.2) is 72.8 Å². The maximum Gasteiger partial charge on any atom is 0.247 e. The van der Waals surface area contributed by atoms with Crippen LogP contribution < -0.4 is 14.8 Å². The van der Waals surface area contributed by atoms with Crippen LogP contribution in [0.1, 0.15) is 49.8 Å². The van der Waals surface area contributed by atoms with Gasteiger partial charge < -0.3 is 19.7 Å². The first kappa shape index (κ1) is 27.2. The molecule has 1 fully saturated rings. The van der Waals surface area contributed by atoms with Gasteiger partial charge in [-0.15, -0.1) is 5.10 Å². The number of fused-ring (bicyclic) bond motifs is 1. The molecular weight excluding hydrogens is 506 g/mol. The van der Waals surface area contributed by atoms with Crippen molar-refractivity contribution in [3.8, 4) is 11.5 Å².